The largest absolute Gasteiger partial charge is 0.439 e. The van der Waals surface area contributed by atoms with Crippen molar-refractivity contribution >= 4 is 5.91 Å². The zero-order valence-corrected chi connectivity index (χ0v) is 17.0. The van der Waals surface area contributed by atoms with Crippen LogP contribution < -0.4 is 4.74 Å². The Morgan fingerprint density at radius 2 is 1.87 bits per heavy atom. The molecule has 1 amide bonds. The number of amides is 1. The third-order valence-corrected chi connectivity index (χ3v) is 5.07. The van der Waals surface area contributed by atoms with Gasteiger partial charge in [-0.3, -0.25) is 4.79 Å². The summed E-state index contributed by atoms with van der Waals surface area (Å²) in [4.78, 5) is 14.5. The summed E-state index contributed by atoms with van der Waals surface area (Å²) in [6.07, 6.45) is 1.95. The molecule has 1 aromatic heterocycles. The van der Waals surface area contributed by atoms with Crippen molar-refractivity contribution in [3.63, 3.8) is 0 Å². The molecule has 2 aromatic carbocycles. The Kier molecular flexibility index (Phi) is 5.81. The van der Waals surface area contributed by atoms with Crippen LogP contribution in [0.25, 0.3) is 11.3 Å². The van der Waals surface area contributed by atoms with E-state index >= 15 is 0 Å². The Morgan fingerprint density at radius 3 is 2.50 bits per heavy atom. The van der Waals surface area contributed by atoms with E-state index in [0.717, 1.165) is 29.7 Å². The van der Waals surface area contributed by atoms with Gasteiger partial charge in [-0.05, 0) is 37.1 Å². The van der Waals surface area contributed by atoms with Crippen molar-refractivity contribution in [2.24, 2.45) is 7.05 Å². The van der Waals surface area contributed by atoms with Crippen molar-refractivity contribution in [3.05, 3.63) is 66.0 Å². The highest BCUT2D eigenvalue weighted by Crippen LogP contribution is 2.37. The van der Waals surface area contributed by atoms with E-state index in [9.17, 15) is 9.18 Å². The Bertz CT molecular complexity index is 1010. The molecule has 1 heterocycles. The highest BCUT2D eigenvalue weighted by atomic mass is 19.1. The Labute approximate surface area is 174 Å². The number of halogens is 1. The van der Waals surface area contributed by atoms with E-state index in [0.29, 0.717) is 18.2 Å². The number of aryl methyl sites for hydroxylation is 1. The average molecular weight is 409 g/mol. The third-order valence-electron chi connectivity index (χ3n) is 5.07. The van der Waals surface area contributed by atoms with Crippen molar-refractivity contribution in [1.29, 1.82) is 0 Å². The Balaban J connectivity index is 1.74. The lowest BCUT2D eigenvalue weighted by Crippen LogP contribution is -2.35. The van der Waals surface area contributed by atoms with Crippen LogP contribution in [-0.2, 0) is 23.1 Å². The van der Waals surface area contributed by atoms with E-state index in [2.05, 4.69) is 5.10 Å². The molecule has 0 unspecified atom stereocenters. The maximum Gasteiger partial charge on any atom is 0.249 e. The van der Waals surface area contributed by atoms with Gasteiger partial charge in [0, 0.05) is 25.8 Å². The van der Waals surface area contributed by atoms with E-state index < -0.39 is 0 Å². The first-order valence-electron chi connectivity index (χ1n) is 9.90. The third kappa shape index (κ3) is 4.36. The molecule has 1 saturated carbocycles. The van der Waals surface area contributed by atoms with Gasteiger partial charge in [-0.1, -0.05) is 30.3 Å². The van der Waals surface area contributed by atoms with Crippen LogP contribution in [0.4, 0.5) is 4.39 Å². The van der Waals surface area contributed by atoms with Gasteiger partial charge in [0.15, 0.2) is 0 Å². The fourth-order valence-corrected chi connectivity index (χ4v) is 3.45. The smallest absolute Gasteiger partial charge is 0.249 e. The normalized spacial score (nSPS) is 13.3. The van der Waals surface area contributed by atoms with E-state index in [-0.39, 0.29) is 24.4 Å². The molecule has 0 spiro atoms. The molecule has 30 heavy (non-hydrogen) atoms. The molecule has 6 nitrogen and oxygen atoms in total. The second-order valence-corrected chi connectivity index (χ2v) is 7.36. The zero-order chi connectivity index (χ0) is 21.1. The molecule has 4 rings (SSSR count). The van der Waals surface area contributed by atoms with Gasteiger partial charge in [0.2, 0.25) is 11.8 Å². The zero-order valence-electron chi connectivity index (χ0n) is 17.0. The monoisotopic (exact) mass is 409 g/mol. The number of aromatic nitrogens is 2. The number of hydrogen-bond acceptors (Lipinski definition) is 4. The molecule has 3 aromatic rings. The summed E-state index contributed by atoms with van der Waals surface area (Å²) in [6, 6.07) is 15.8. The number of rotatable bonds is 8. The highest BCUT2D eigenvalue weighted by Gasteiger charge is 2.34. The van der Waals surface area contributed by atoms with Crippen LogP contribution in [0.5, 0.6) is 11.6 Å². The van der Waals surface area contributed by atoms with Gasteiger partial charge >= 0.3 is 0 Å². The lowest BCUT2D eigenvalue weighted by atomic mass is 10.1. The minimum absolute atomic E-state index is 0.0333. The number of benzene rings is 2. The van der Waals surface area contributed by atoms with Crippen molar-refractivity contribution in [2.75, 3.05) is 13.7 Å². The molecule has 0 radical (unpaired) electrons. The van der Waals surface area contributed by atoms with Gasteiger partial charge in [0.1, 0.15) is 23.9 Å². The Hall–Kier alpha value is -3.19. The van der Waals surface area contributed by atoms with Gasteiger partial charge in [-0.15, -0.1) is 0 Å². The predicted octanol–water partition coefficient (Wildman–Crippen LogP) is 4.16. The molecule has 0 bridgehead atoms. The number of methoxy groups -OCH3 is 1. The summed E-state index contributed by atoms with van der Waals surface area (Å²) < 4.78 is 26.2. The van der Waals surface area contributed by atoms with Crippen LogP contribution in [0, 0.1) is 5.82 Å². The van der Waals surface area contributed by atoms with Gasteiger partial charge < -0.3 is 14.4 Å². The average Bonchev–Trinajstić information content (AvgIpc) is 3.54. The number of ether oxygens (including phenoxy) is 2. The molecule has 0 atom stereocenters. The van der Waals surface area contributed by atoms with Crippen LogP contribution in [0.15, 0.2) is 54.6 Å². The maximum atomic E-state index is 13.3. The number of carbonyl (C=O) groups is 1. The van der Waals surface area contributed by atoms with Crippen molar-refractivity contribution < 1.29 is 18.7 Å². The minimum atomic E-state index is -0.331. The van der Waals surface area contributed by atoms with Crippen molar-refractivity contribution in [1.82, 2.24) is 14.7 Å². The van der Waals surface area contributed by atoms with E-state index in [1.54, 1.807) is 23.9 Å². The minimum Gasteiger partial charge on any atom is -0.439 e. The maximum absolute atomic E-state index is 13.3. The van der Waals surface area contributed by atoms with E-state index in [4.69, 9.17) is 9.47 Å². The van der Waals surface area contributed by atoms with Crippen LogP contribution in [0.3, 0.4) is 0 Å². The quantitative estimate of drug-likeness (QED) is 0.561. The fourth-order valence-electron chi connectivity index (χ4n) is 3.45. The lowest BCUT2D eigenvalue weighted by Gasteiger charge is -2.23. The standard InChI is InChI=1S/C23H24FN3O3/c1-26-23(30-19-12-8-17(24)9-13-19)20(22(25-26)16-6-4-3-5-7-16)14-27(18-10-11-18)21(28)15-29-2/h3-9,12-13,18H,10-11,14-15H2,1-2H3. The summed E-state index contributed by atoms with van der Waals surface area (Å²) in [5.74, 6) is 0.635. The van der Waals surface area contributed by atoms with Crippen LogP contribution in [0.2, 0.25) is 0 Å². The summed E-state index contributed by atoms with van der Waals surface area (Å²) >= 11 is 0. The molecule has 0 N–H and O–H groups in total. The first kappa shape index (κ1) is 20.1. The number of nitrogens with zero attached hydrogens (tertiary/aromatic N) is 3. The fraction of sp³-hybridized carbons (Fsp3) is 0.304. The summed E-state index contributed by atoms with van der Waals surface area (Å²) in [5, 5.41) is 4.68. The van der Waals surface area contributed by atoms with Gasteiger partial charge in [0.25, 0.3) is 0 Å². The van der Waals surface area contributed by atoms with Gasteiger partial charge in [-0.25, -0.2) is 9.07 Å². The van der Waals surface area contributed by atoms with E-state index in [1.807, 2.05) is 35.2 Å². The van der Waals surface area contributed by atoms with Gasteiger partial charge in [0.05, 0.1) is 12.1 Å². The lowest BCUT2D eigenvalue weighted by molar-refractivity contribution is -0.136. The SMILES string of the molecule is COCC(=O)N(Cc1c(-c2ccccc2)nn(C)c1Oc1ccc(F)cc1)C1CC1. The van der Waals surface area contributed by atoms with Crippen LogP contribution in [-0.4, -0.2) is 40.3 Å². The number of carbonyl (C=O) groups excluding carboxylic acids is 1. The second-order valence-electron chi connectivity index (χ2n) is 7.36. The highest BCUT2D eigenvalue weighted by molar-refractivity contribution is 5.78. The summed E-state index contributed by atoms with van der Waals surface area (Å²) in [6.45, 7) is 0.396. The predicted molar refractivity (Wildman–Crippen MR) is 111 cm³/mol. The van der Waals surface area contributed by atoms with Crippen LogP contribution in [0.1, 0.15) is 18.4 Å². The first-order valence-corrected chi connectivity index (χ1v) is 9.90. The van der Waals surface area contributed by atoms with Crippen molar-refractivity contribution in [2.45, 2.75) is 25.4 Å². The van der Waals surface area contributed by atoms with Crippen molar-refractivity contribution in [3.8, 4) is 22.9 Å². The molecule has 1 aliphatic rings. The van der Waals surface area contributed by atoms with E-state index in [1.165, 1.54) is 19.2 Å². The molecular weight excluding hydrogens is 385 g/mol. The molecule has 156 valence electrons. The topological polar surface area (TPSA) is 56.6 Å². The molecule has 0 saturated heterocycles. The molecular formula is C23H24FN3O3. The molecule has 0 aliphatic heterocycles. The Morgan fingerprint density at radius 1 is 1.17 bits per heavy atom. The molecule has 1 aliphatic carbocycles. The molecule has 7 heteroatoms. The number of hydrogen-bond donors (Lipinski definition) is 0. The second kappa shape index (κ2) is 8.67. The summed E-state index contributed by atoms with van der Waals surface area (Å²) in [7, 11) is 3.32. The van der Waals surface area contributed by atoms with Crippen LogP contribution >= 0.6 is 0 Å². The first-order chi connectivity index (χ1) is 14.6. The van der Waals surface area contributed by atoms with Gasteiger partial charge in [-0.2, -0.15) is 5.10 Å². The summed E-state index contributed by atoms with van der Waals surface area (Å²) in [5.41, 5.74) is 2.50. The molecule has 1 fully saturated rings.